The van der Waals surface area contributed by atoms with Crippen LogP contribution in [-0.2, 0) is 16.9 Å². The van der Waals surface area contributed by atoms with E-state index in [0.717, 1.165) is 14.8 Å². The Balaban J connectivity index is 1.40. The van der Waals surface area contributed by atoms with Gasteiger partial charge in [-0.3, -0.25) is 9.48 Å². The summed E-state index contributed by atoms with van der Waals surface area (Å²) in [5.41, 5.74) is 1.40. The number of fused-ring (bicyclic) bond motifs is 1. The van der Waals surface area contributed by atoms with E-state index in [9.17, 15) is 15.0 Å². The Hall–Kier alpha value is -2.56. The number of aryl methyl sites for hydroxylation is 1. The quantitative estimate of drug-likeness (QED) is 0.298. The molecule has 0 fully saturated rings. The normalized spacial score (nSPS) is 19.7. The number of rotatable bonds is 8. The molecule has 1 aromatic heterocycles. The molecule has 3 atom stereocenters. The molecule has 2 aromatic carbocycles. The van der Waals surface area contributed by atoms with Crippen LogP contribution in [0.4, 0.5) is 5.69 Å². The first kappa shape index (κ1) is 22.6. The lowest BCUT2D eigenvalue weighted by Crippen LogP contribution is -2.39. The molecule has 0 radical (unpaired) electrons. The minimum Gasteiger partial charge on any atom is -0.395 e. The fourth-order valence-corrected chi connectivity index (χ4v) is 4.51. The molecule has 4 rings (SSSR count). The van der Waals surface area contributed by atoms with E-state index in [1.54, 1.807) is 4.68 Å². The Bertz CT molecular complexity index is 1130. The number of nitrogens with one attached hydrogen (secondary N) is 1. The van der Waals surface area contributed by atoms with Crippen LogP contribution in [0.25, 0.3) is 0 Å². The van der Waals surface area contributed by atoms with Crippen molar-refractivity contribution in [1.29, 1.82) is 0 Å². The van der Waals surface area contributed by atoms with Crippen LogP contribution >= 0.6 is 22.6 Å². The second-order valence-electron chi connectivity index (χ2n) is 7.97. The molecule has 1 unspecified atom stereocenters. The van der Waals surface area contributed by atoms with E-state index in [1.807, 2.05) is 73.8 Å². The van der Waals surface area contributed by atoms with E-state index < -0.39 is 17.4 Å². The van der Waals surface area contributed by atoms with Crippen molar-refractivity contribution in [3.8, 4) is 0 Å². The van der Waals surface area contributed by atoms with Crippen LogP contribution in [0.3, 0.4) is 0 Å². The van der Waals surface area contributed by atoms with Crippen molar-refractivity contribution in [2.45, 2.75) is 31.4 Å². The van der Waals surface area contributed by atoms with Gasteiger partial charge in [0.2, 0.25) is 0 Å². The monoisotopic (exact) mass is 544 g/mol. The predicted octanol–water partition coefficient (Wildman–Crippen LogP) is 3.43. The number of hydrogen-bond acceptors (Lipinski definition) is 5. The summed E-state index contributed by atoms with van der Waals surface area (Å²) < 4.78 is 2.70. The molecule has 1 aliphatic heterocycles. The van der Waals surface area contributed by atoms with Crippen LogP contribution in [0.1, 0.15) is 36.1 Å². The molecule has 8 heteroatoms. The summed E-state index contributed by atoms with van der Waals surface area (Å²) in [6.45, 7) is 2.40. The van der Waals surface area contributed by atoms with Crippen LogP contribution in [0.2, 0.25) is 0 Å². The third-order valence-corrected chi connectivity index (χ3v) is 6.56. The lowest BCUT2D eigenvalue weighted by Gasteiger charge is -2.26. The van der Waals surface area contributed by atoms with Gasteiger partial charge in [-0.15, -0.1) is 5.10 Å². The average Bonchev–Trinajstić information content (AvgIpc) is 3.36. The van der Waals surface area contributed by atoms with Crippen LogP contribution < -0.4 is 5.32 Å². The first-order valence-electron chi connectivity index (χ1n) is 10.5. The zero-order valence-electron chi connectivity index (χ0n) is 17.6. The summed E-state index contributed by atoms with van der Waals surface area (Å²) in [6, 6.07) is 15.3. The molecule has 32 heavy (non-hydrogen) atoms. The first-order chi connectivity index (χ1) is 15.4. The number of benzene rings is 2. The minimum absolute atomic E-state index is 0.0405. The summed E-state index contributed by atoms with van der Waals surface area (Å²) in [4.78, 5) is 12.5. The maximum Gasteiger partial charge on any atom is 0.261 e. The van der Waals surface area contributed by atoms with E-state index in [0.29, 0.717) is 24.2 Å². The van der Waals surface area contributed by atoms with E-state index in [-0.39, 0.29) is 12.5 Å². The van der Waals surface area contributed by atoms with Crippen molar-refractivity contribution in [2.24, 2.45) is 5.92 Å². The molecule has 0 spiro atoms. The summed E-state index contributed by atoms with van der Waals surface area (Å²) in [5.74, 6) is -1.01. The van der Waals surface area contributed by atoms with Crippen molar-refractivity contribution in [2.75, 3.05) is 11.9 Å². The zero-order chi connectivity index (χ0) is 22.7. The zero-order valence-corrected chi connectivity index (χ0v) is 19.8. The highest BCUT2D eigenvalue weighted by Gasteiger charge is 2.48. The molecule has 0 aliphatic carbocycles. The van der Waals surface area contributed by atoms with Gasteiger partial charge in [0.05, 0.1) is 18.2 Å². The second kappa shape index (κ2) is 9.51. The van der Waals surface area contributed by atoms with Gasteiger partial charge in [0.1, 0.15) is 0 Å². The Morgan fingerprint density at radius 2 is 2.03 bits per heavy atom. The Morgan fingerprint density at radius 1 is 1.25 bits per heavy atom. The van der Waals surface area contributed by atoms with Gasteiger partial charge in [-0.05, 0) is 52.8 Å². The number of aliphatic hydroxyl groups is 2. The molecular weight excluding hydrogens is 519 g/mol. The molecule has 3 N–H and O–H groups in total. The van der Waals surface area contributed by atoms with E-state index >= 15 is 0 Å². The molecule has 166 valence electrons. The molecular formula is C24H25IN4O3. The van der Waals surface area contributed by atoms with E-state index in [4.69, 9.17) is 0 Å². The number of aliphatic hydroxyl groups excluding tert-OH is 1. The molecule has 0 bridgehead atoms. The standard InChI is InChI=1S/C24H25IN4O3/c1-16(24(32)20-13-18(25)10-11-21(20)26-23(24)31)7-5-6-12-29-14-22(27-28-29)19(15-30)17-8-3-2-4-9-17/h2-5,7-11,13-14,16,19,30,32H,6,12,15H2,1H3,(H,26,31)/b7-5+/t16-,19?,24+/m1/s1. The number of halogens is 1. The predicted molar refractivity (Wildman–Crippen MR) is 130 cm³/mol. The fourth-order valence-electron chi connectivity index (χ4n) is 4.02. The summed E-state index contributed by atoms with van der Waals surface area (Å²) in [5, 5.41) is 32.2. The Morgan fingerprint density at radius 3 is 2.78 bits per heavy atom. The third-order valence-electron chi connectivity index (χ3n) is 5.89. The van der Waals surface area contributed by atoms with Gasteiger partial charge in [-0.2, -0.15) is 0 Å². The lowest BCUT2D eigenvalue weighted by molar-refractivity contribution is -0.137. The molecule has 3 aromatic rings. The topological polar surface area (TPSA) is 100 Å². The highest BCUT2D eigenvalue weighted by molar-refractivity contribution is 14.1. The molecule has 1 amide bonds. The van der Waals surface area contributed by atoms with Gasteiger partial charge < -0.3 is 15.5 Å². The van der Waals surface area contributed by atoms with Crippen molar-refractivity contribution in [3.05, 3.63) is 87.3 Å². The summed E-state index contributed by atoms with van der Waals surface area (Å²) >= 11 is 2.17. The molecule has 0 saturated carbocycles. The van der Waals surface area contributed by atoms with Crippen LogP contribution in [0, 0.1) is 9.49 Å². The molecule has 2 heterocycles. The number of carbonyl (C=O) groups is 1. The number of amides is 1. The summed E-state index contributed by atoms with van der Waals surface area (Å²) in [6.07, 6.45) is 6.33. The van der Waals surface area contributed by atoms with Crippen molar-refractivity contribution in [1.82, 2.24) is 15.0 Å². The van der Waals surface area contributed by atoms with Crippen LogP contribution in [0.5, 0.6) is 0 Å². The van der Waals surface area contributed by atoms with Gasteiger partial charge in [0, 0.05) is 33.5 Å². The molecule has 0 saturated heterocycles. The number of aromatic nitrogens is 3. The van der Waals surface area contributed by atoms with Crippen molar-refractivity contribution in [3.63, 3.8) is 0 Å². The van der Waals surface area contributed by atoms with Crippen molar-refractivity contribution < 1.29 is 15.0 Å². The van der Waals surface area contributed by atoms with Crippen LogP contribution in [0.15, 0.2) is 66.9 Å². The fraction of sp³-hybridized carbons (Fsp3) is 0.292. The SMILES string of the molecule is C[C@H](/C=C/CCn1cc(C(CO)c2ccccc2)nn1)[C@@]1(O)C(=O)Nc2ccc(I)cc21. The van der Waals surface area contributed by atoms with Crippen LogP contribution in [-0.4, -0.2) is 37.7 Å². The Kier molecular flexibility index (Phi) is 6.73. The highest BCUT2D eigenvalue weighted by atomic mass is 127. The van der Waals surface area contributed by atoms with Gasteiger partial charge in [0.25, 0.3) is 5.91 Å². The number of nitrogens with zero attached hydrogens (tertiary/aromatic N) is 3. The minimum atomic E-state index is -1.59. The van der Waals surface area contributed by atoms with Crippen molar-refractivity contribution >= 4 is 34.2 Å². The lowest BCUT2D eigenvalue weighted by atomic mass is 9.83. The number of carbonyl (C=O) groups excluding carboxylic acids is 1. The first-order valence-corrected chi connectivity index (χ1v) is 11.6. The maximum absolute atomic E-state index is 12.5. The van der Waals surface area contributed by atoms with Gasteiger partial charge in [-0.1, -0.05) is 54.6 Å². The molecule has 1 aliphatic rings. The number of allylic oxidation sites excluding steroid dienone is 1. The summed E-state index contributed by atoms with van der Waals surface area (Å²) in [7, 11) is 0. The number of hydrogen-bond donors (Lipinski definition) is 3. The second-order valence-corrected chi connectivity index (χ2v) is 9.21. The van der Waals surface area contributed by atoms with E-state index in [2.05, 4.69) is 38.2 Å². The van der Waals surface area contributed by atoms with Gasteiger partial charge in [0.15, 0.2) is 5.60 Å². The average molecular weight is 544 g/mol. The highest BCUT2D eigenvalue weighted by Crippen LogP contribution is 2.42. The van der Waals surface area contributed by atoms with E-state index in [1.165, 1.54) is 0 Å². The Labute approximate surface area is 200 Å². The van der Waals surface area contributed by atoms with Gasteiger partial charge in [-0.25, -0.2) is 0 Å². The number of anilines is 1. The maximum atomic E-state index is 12.5. The molecule has 7 nitrogen and oxygen atoms in total. The largest absolute Gasteiger partial charge is 0.395 e. The third kappa shape index (κ3) is 4.35. The van der Waals surface area contributed by atoms with Gasteiger partial charge >= 0.3 is 0 Å². The smallest absolute Gasteiger partial charge is 0.261 e.